The summed E-state index contributed by atoms with van der Waals surface area (Å²) >= 11 is 0. The lowest BCUT2D eigenvalue weighted by Gasteiger charge is -2.37. The van der Waals surface area contributed by atoms with Crippen molar-refractivity contribution in [3.8, 4) is 0 Å². The molecule has 0 unspecified atom stereocenters. The zero-order valence-electron chi connectivity index (χ0n) is 10.3. The number of carboxylic acid groups (broad SMARTS) is 1. The van der Waals surface area contributed by atoms with Crippen LogP contribution < -0.4 is 5.11 Å². The van der Waals surface area contributed by atoms with Gasteiger partial charge in [0.05, 0.1) is 25.6 Å². The van der Waals surface area contributed by atoms with E-state index in [1.807, 2.05) is 0 Å². The maximum atomic E-state index is 10.8. The van der Waals surface area contributed by atoms with Crippen LogP contribution in [-0.2, 0) is 4.79 Å². The summed E-state index contributed by atoms with van der Waals surface area (Å²) in [4.78, 5) is 10.8. The van der Waals surface area contributed by atoms with E-state index < -0.39 is 5.97 Å². The van der Waals surface area contributed by atoms with E-state index in [-0.39, 0.29) is 6.54 Å². The zero-order valence-corrected chi connectivity index (χ0v) is 10.3. The Kier molecular flexibility index (Phi) is 7.56. The van der Waals surface area contributed by atoms with E-state index in [0.29, 0.717) is 17.6 Å². The molecule has 92 valence electrons. The fourth-order valence-electron chi connectivity index (χ4n) is 1.98. The molecule has 0 amide bonds. The van der Waals surface area contributed by atoms with Gasteiger partial charge in [-0.25, -0.2) is 0 Å². The highest BCUT2D eigenvalue weighted by atomic mass is 16.4. The van der Waals surface area contributed by atoms with E-state index in [0.717, 1.165) is 25.8 Å². The molecule has 0 aromatic rings. The van der Waals surface area contributed by atoms with Crippen molar-refractivity contribution >= 4 is 5.97 Å². The summed E-state index contributed by atoms with van der Waals surface area (Å²) in [6.07, 6.45) is 6.84. The van der Waals surface area contributed by atoms with Gasteiger partial charge in [-0.3, -0.25) is 0 Å². The van der Waals surface area contributed by atoms with Crippen LogP contribution >= 0.6 is 0 Å². The SMILES string of the molecule is C=CC[N+](CC=C)(CCCCC)CC(=O)[O-]. The molecule has 0 aliphatic carbocycles. The molecule has 0 aliphatic rings. The first-order valence-electron chi connectivity index (χ1n) is 5.87. The second-order valence-electron chi connectivity index (χ2n) is 4.24. The van der Waals surface area contributed by atoms with E-state index in [2.05, 4.69) is 20.1 Å². The monoisotopic (exact) mass is 225 g/mol. The summed E-state index contributed by atoms with van der Waals surface area (Å²) in [5.74, 6) is -1.000. The number of quaternary nitrogens is 1. The number of rotatable bonds is 10. The lowest BCUT2D eigenvalue weighted by Crippen LogP contribution is -2.54. The Balaban J connectivity index is 4.55. The average Bonchev–Trinajstić information content (AvgIpc) is 2.17. The van der Waals surface area contributed by atoms with Gasteiger partial charge in [0.25, 0.3) is 0 Å². The highest BCUT2D eigenvalue weighted by molar-refractivity contribution is 5.65. The predicted octanol–water partition coefficient (Wildman–Crippen LogP) is 1.12. The Bertz CT molecular complexity index is 226. The maximum Gasteiger partial charge on any atom is 0.119 e. The Morgan fingerprint density at radius 3 is 2.19 bits per heavy atom. The predicted molar refractivity (Wildman–Crippen MR) is 64.7 cm³/mol. The van der Waals surface area contributed by atoms with Crippen LogP contribution in [0.15, 0.2) is 25.3 Å². The first kappa shape index (κ1) is 14.9. The van der Waals surface area contributed by atoms with Crippen LogP contribution in [0, 0.1) is 0 Å². The third-order valence-electron chi connectivity index (χ3n) is 2.73. The van der Waals surface area contributed by atoms with Gasteiger partial charge < -0.3 is 14.4 Å². The topological polar surface area (TPSA) is 40.1 Å². The smallest absolute Gasteiger partial charge is 0.119 e. The highest BCUT2D eigenvalue weighted by Crippen LogP contribution is 2.10. The molecule has 0 saturated carbocycles. The van der Waals surface area contributed by atoms with Gasteiger partial charge in [0.2, 0.25) is 0 Å². The normalized spacial score (nSPS) is 11.1. The molecule has 0 fully saturated rings. The van der Waals surface area contributed by atoms with Gasteiger partial charge in [-0.1, -0.05) is 26.5 Å². The minimum atomic E-state index is -1.000. The fourth-order valence-corrected chi connectivity index (χ4v) is 1.98. The van der Waals surface area contributed by atoms with Crippen LogP contribution in [-0.4, -0.2) is 36.6 Å². The van der Waals surface area contributed by atoms with Crippen LogP contribution in [0.4, 0.5) is 0 Å². The van der Waals surface area contributed by atoms with Crippen molar-refractivity contribution in [1.82, 2.24) is 0 Å². The highest BCUT2D eigenvalue weighted by Gasteiger charge is 2.24. The third kappa shape index (κ3) is 5.71. The van der Waals surface area contributed by atoms with E-state index in [1.165, 1.54) is 0 Å². The van der Waals surface area contributed by atoms with Gasteiger partial charge in [-0.15, -0.1) is 0 Å². The molecule has 0 aromatic carbocycles. The van der Waals surface area contributed by atoms with Crippen molar-refractivity contribution in [2.75, 3.05) is 26.2 Å². The first-order chi connectivity index (χ1) is 7.60. The summed E-state index contributed by atoms with van der Waals surface area (Å²) in [6.45, 7) is 11.7. The molecule has 0 aliphatic heterocycles. The molecule has 0 atom stereocenters. The van der Waals surface area contributed by atoms with Gasteiger partial charge in [0.15, 0.2) is 0 Å². The van der Waals surface area contributed by atoms with Gasteiger partial charge in [0, 0.05) is 0 Å². The summed E-state index contributed by atoms with van der Waals surface area (Å²) in [6, 6.07) is 0. The maximum absolute atomic E-state index is 10.8. The number of carboxylic acids is 1. The number of unbranched alkanes of at least 4 members (excludes halogenated alkanes) is 2. The molecular formula is C13H23NO2. The van der Waals surface area contributed by atoms with Crippen molar-refractivity contribution in [3.05, 3.63) is 25.3 Å². The lowest BCUT2D eigenvalue weighted by atomic mass is 10.2. The summed E-state index contributed by atoms with van der Waals surface area (Å²) in [5.41, 5.74) is 0. The Morgan fingerprint density at radius 1 is 1.25 bits per heavy atom. The first-order valence-corrected chi connectivity index (χ1v) is 5.87. The largest absolute Gasteiger partial charge is 0.544 e. The van der Waals surface area contributed by atoms with E-state index in [1.54, 1.807) is 12.2 Å². The van der Waals surface area contributed by atoms with Gasteiger partial charge in [0.1, 0.15) is 6.54 Å². The van der Waals surface area contributed by atoms with E-state index >= 15 is 0 Å². The Morgan fingerprint density at radius 2 is 1.81 bits per heavy atom. The van der Waals surface area contributed by atoms with Crippen LogP contribution in [0.25, 0.3) is 0 Å². The Labute approximate surface area is 98.7 Å². The molecule has 16 heavy (non-hydrogen) atoms. The summed E-state index contributed by atoms with van der Waals surface area (Å²) in [7, 11) is 0. The molecule has 3 nitrogen and oxygen atoms in total. The second kappa shape index (κ2) is 8.11. The quantitative estimate of drug-likeness (QED) is 0.317. The summed E-state index contributed by atoms with van der Waals surface area (Å²) < 4.78 is 0.481. The zero-order chi connectivity index (χ0) is 12.4. The third-order valence-corrected chi connectivity index (χ3v) is 2.73. The van der Waals surface area contributed by atoms with Crippen LogP contribution in [0.1, 0.15) is 26.2 Å². The molecule has 0 spiro atoms. The van der Waals surface area contributed by atoms with Gasteiger partial charge >= 0.3 is 0 Å². The molecular weight excluding hydrogens is 202 g/mol. The van der Waals surface area contributed by atoms with Gasteiger partial charge in [-0.05, 0) is 25.0 Å². The number of nitrogens with zero attached hydrogens (tertiary/aromatic N) is 1. The number of carbonyl (C=O) groups excluding carboxylic acids is 1. The van der Waals surface area contributed by atoms with Crippen LogP contribution in [0.5, 0.6) is 0 Å². The molecule has 0 radical (unpaired) electrons. The Hall–Kier alpha value is -1.09. The molecule has 3 heteroatoms. The standard InChI is InChI=1S/C13H23NO2/c1-4-7-8-11-14(9-5-2,10-6-3)12-13(15)16/h5-6H,2-4,7-12H2,1H3. The van der Waals surface area contributed by atoms with E-state index in [4.69, 9.17) is 0 Å². The van der Waals surface area contributed by atoms with Crippen LogP contribution in [0.3, 0.4) is 0 Å². The van der Waals surface area contributed by atoms with Crippen molar-refractivity contribution in [2.45, 2.75) is 26.2 Å². The number of hydrogen-bond acceptors (Lipinski definition) is 2. The molecule has 0 aromatic heterocycles. The number of aliphatic carboxylic acids is 1. The minimum Gasteiger partial charge on any atom is -0.544 e. The lowest BCUT2D eigenvalue weighted by molar-refractivity contribution is -0.912. The molecule has 0 rings (SSSR count). The minimum absolute atomic E-state index is 0.0434. The molecule has 0 saturated heterocycles. The second-order valence-corrected chi connectivity index (χ2v) is 4.24. The van der Waals surface area contributed by atoms with Crippen molar-refractivity contribution < 1.29 is 14.4 Å². The molecule has 0 heterocycles. The van der Waals surface area contributed by atoms with Crippen molar-refractivity contribution in [1.29, 1.82) is 0 Å². The number of carbonyl (C=O) groups is 1. The van der Waals surface area contributed by atoms with Crippen LogP contribution in [0.2, 0.25) is 0 Å². The van der Waals surface area contributed by atoms with Gasteiger partial charge in [-0.2, -0.15) is 0 Å². The van der Waals surface area contributed by atoms with Crippen molar-refractivity contribution in [2.24, 2.45) is 0 Å². The molecule has 0 N–H and O–H groups in total. The molecule has 0 bridgehead atoms. The number of hydrogen-bond donors (Lipinski definition) is 0. The van der Waals surface area contributed by atoms with Crippen molar-refractivity contribution in [3.63, 3.8) is 0 Å². The average molecular weight is 225 g/mol. The summed E-state index contributed by atoms with van der Waals surface area (Å²) in [5, 5.41) is 10.8. The fraction of sp³-hybridized carbons (Fsp3) is 0.615. The van der Waals surface area contributed by atoms with E-state index in [9.17, 15) is 9.90 Å².